The van der Waals surface area contributed by atoms with Gasteiger partial charge in [0.05, 0.1) is 0 Å². The minimum absolute atomic E-state index is 0.256. The Labute approximate surface area is 80.2 Å². The monoisotopic (exact) mass is 212 g/mol. The van der Waals surface area contributed by atoms with E-state index in [0.717, 1.165) is 0 Å². The highest BCUT2D eigenvalue weighted by Crippen LogP contribution is 2.29. The summed E-state index contributed by atoms with van der Waals surface area (Å²) < 4.78 is 22.3. The Kier molecular flexibility index (Phi) is 1.76. The average Bonchev–Trinajstić information content (AvgIpc) is 2.38. The van der Waals surface area contributed by atoms with E-state index in [1.54, 1.807) is 24.3 Å². The zero-order chi connectivity index (χ0) is 10.3. The first kappa shape index (κ1) is 9.04. The number of primary sulfonamides is 1. The van der Waals surface area contributed by atoms with Gasteiger partial charge in [-0.1, -0.05) is 18.2 Å². The van der Waals surface area contributed by atoms with Crippen LogP contribution in [0, 0.1) is 0 Å². The van der Waals surface area contributed by atoms with Crippen molar-refractivity contribution in [1.82, 2.24) is 4.98 Å². The number of benzene rings is 1. The molecule has 0 aliphatic heterocycles. The molecule has 0 saturated heterocycles. The van der Waals surface area contributed by atoms with Gasteiger partial charge in [0.15, 0.2) is 4.90 Å². The number of rotatable bonds is 1. The fourth-order valence-electron chi connectivity index (χ4n) is 1.39. The van der Waals surface area contributed by atoms with Crippen LogP contribution in [0.4, 0.5) is 0 Å². The van der Waals surface area contributed by atoms with E-state index in [1.807, 2.05) is 0 Å². The third kappa shape index (κ3) is 1.24. The second-order valence-electron chi connectivity index (χ2n) is 2.89. The van der Waals surface area contributed by atoms with E-state index in [-0.39, 0.29) is 4.90 Å². The summed E-state index contributed by atoms with van der Waals surface area (Å²) in [5, 5.41) is 14.7. The van der Waals surface area contributed by atoms with Crippen LogP contribution in [0.2, 0.25) is 0 Å². The summed E-state index contributed by atoms with van der Waals surface area (Å²) in [5.74, 6) is -0.422. The molecule has 1 heterocycles. The van der Waals surface area contributed by atoms with Gasteiger partial charge in [0, 0.05) is 10.9 Å². The van der Waals surface area contributed by atoms with Crippen molar-refractivity contribution in [3.05, 3.63) is 24.3 Å². The van der Waals surface area contributed by atoms with Gasteiger partial charge in [-0.3, -0.25) is 0 Å². The number of hydrogen-bond donors (Lipinski definition) is 3. The Morgan fingerprint density at radius 2 is 1.93 bits per heavy atom. The zero-order valence-electron chi connectivity index (χ0n) is 7.06. The largest absolute Gasteiger partial charge is 0.494 e. The number of nitrogens with one attached hydrogen (secondary N) is 1. The molecule has 2 rings (SSSR count). The van der Waals surface area contributed by atoms with Gasteiger partial charge >= 0.3 is 0 Å². The number of sulfonamides is 1. The maximum atomic E-state index is 11.1. The number of H-pyrrole nitrogens is 1. The molecule has 0 fully saturated rings. The van der Waals surface area contributed by atoms with Crippen LogP contribution in [-0.4, -0.2) is 18.5 Å². The molecule has 0 aliphatic carbocycles. The van der Waals surface area contributed by atoms with Crippen molar-refractivity contribution in [1.29, 1.82) is 0 Å². The number of hydrogen-bond acceptors (Lipinski definition) is 3. The normalized spacial score (nSPS) is 12.1. The molecular weight excluding hydrogens is 204 g/mol. The first-order valence-corrected chi connectivity index (χ1v) is 5.37. The lowest BCUT2D eigenvalue weighted by Gasteiger charge is -1.94. The third-order valence-corrected chi connectivity index (χ3v) is 2.91. The standard InChI is InChI=1S/C8H8N2O3S/c9-14(12,13)7-5-3-1-2-4-6(5)10-8(7)11/h1-4,10-11H,(H2,9,12,13). The molecule has 1 aromatic heterocycles. The van der Waals surface area contributed by atoms with Crippen molar-refractivity contribution in [2.45, 2.75) is 4.90 Å². The third-order valence-electron chi connectivity index (χ3n) is 1.92. The molecule has 0 saturated carbocycles. The summed E-state index contributed by atoms with van der Waals surface area (Å²) >= 11 is 0. The number of fused-ring (bicyclic) bond motifs is 1. The molecule has 0 radical (unpaired) electrons. The van der Waals surface area contributed by atoms with E-state index in [2.05, 4.69) is 4.98 Å². The van der Waals surface area contributed by atoms with E-state index in [0.29, 0.717) is 10.9 Å². The number of aromatic hydroxyl groups is 1. The maximum Gasteiger partial charge on any atom is 0.244 e. The lowest BCUT2D eigenvalue weighted by molar-refractivity contribution is 0.443. The van der Waals surface area contributed by atoms with Crippen LogP contribution in [0.25, 0.3) is 10.9 Å². The predicted molar refractivity (Wildman–Crippen MR) is 51.3 cm³/mol. The van der Waals surface area contributed by atoms with E-state index in [1.165, 1.54) is 0 Å². The lowest BCUT2D eigenvalue weighted by Crippen LogP contribution is -2.11. The summed E-state index contributed by atoms with van der Waals surface area (Å²) in [7, 11) is -3.90. The average molecular weight is 212 g/mol. The van der Waals surface area contributed by atoms with Crippen molar-refractivity contribution in [2.24, 2.45) is 5.14 Å². The van der Waals surface area contributed by atoms with Crippen LogP contribution >= 0.6 is 0 Å². The summed E-state index contributed by atoms with van der Waals surface area (Å²) in [6, 6.07) is 6.63. The van der Waals surface area contributed by atoms with Crippen LogP contribution in [-0.2, 0) is 10.0 Å². The van der Waals surface area contributed by atoms with Gasteiger partial charge in [-0.2, -0.15) is 0 Å². The van der Waals surface area contributed by atoms with Crippen LogP contribution in [0.1, 0.15) is 0 Å². The molecule has 1 aromatic carbocycles. The molecule has 14 heavy (non-hydrogen) atoms. The van der Waals surface area contributed by atoms with Crippen LogP contribution in [0.15, 0.2) is 29.2 Å². The molecule has 2 aromatic rings. The van der Waals surface area contributed by atoms with Gasteiger partial charge < -0.3 is 10.1 Å². The lowest BCUT2D eigenvalue weighted by atomic mass is 10.2. The SMILES string of the molecule is NS(=O)(=O)c1c(O)[nH]c2ccccc12. The summed E-state index contributed by atoms with van der Waals surface area (Å²) in [6.07, 6.45) is 0. The quantitative estimate of drug-likeness (QED) is 0.643. The molecule has 0 bridgehead atoms. The predicted octanol–water partition coefficient (Wildman–Crippen LogP) is 0.521. The molecule has 0 atom stereocenters. The molecular formula is C8H8N2O3S. The van der Waals surface area contributed by atoms with Crippen molar-refractivity contribution in [3.8, 4) is 5.88 Å². The zero-order valence-corrected chi connectivity index (χ0v) is 7.88. The second kappa shape index (κ2) is 2.73. The Balaban J connectivity index is 2.95. The Bertz CT molecular complexity index is 586. The molecule has 0 aliphatic rings. The van der Waals surface area contributed by atoms with Crippen LogP contribution < -0.4 is 5.14 Å². The molecule has 0 amide bonds. The fourth-order valence-corrected chi connectivity index (χ4v) is 2.20. The van der Waals surface area contributed by atoms with Gasteiger partial charge in [-0.05, 0) is 6.07 Å². The highest BCUT2D eigenvalue weighted by Gasteiger charge is 2.19. The molecule has 0 unspecified atom stereocenters. The van der Waals surface area contributed by atoms with Crippen molar-refractivity contribution in [2.75, 3.05) is 0 Å². The van der Waals surface area contributed by atoms with Crippen molar-refractivity contribution in [3.63, 3.8) is 0 Å². The topological polar surface area (TPSA) is 96.2 Å². The van der Waals surface area contributed by atoms with E-state index in [9.17, 15) is 13.5 Å². The van der Waals surface area contributed by atoms with Crippen LogP contribution in [0.3, 0.4) is 0 Å². The number of para-hydroxylation sites is 1. The second-order valence-corrected chi connectivity index (χ2v) is 4.39. The molecule has 4 N–H and O–H groups in total. The molecule has 0 spiro atoms. The highest BCUT2D eigenvalue weighted by molar-refractivity contribution is 7.89. The maximum absolute atomic E-state index is 11.1. The molecule has 5 nitrogen and oxygen atoms in total. The van der Waals surface area contributed by atoms with Gasteiger partial charge in [-0.25, -0.2) is 13.6 Å². The Morgan fingerprint density at radius 3 is 2.57 bits per heavy atom. The first-order chi connectivity index (χ1) is 6.50. The highest BCUT2D eigenvalue weighted by atomic mass is 32.2. The Hall–Kier alpha value is -1.53. The number of aromatic amines is 1. The van der Waals surface area contributed by atoms with E-state index in [4.69, 9.17) is 5.14 Å². The Morgan fingerprint density at radius 1 is 1.29 bits per heavy atom. The smallest absolute Gasteiger partial charge is 0.244 e. The first-order valence-electron chi connectivity index (χ1n) is 3.82. The van der Waals surface area contributed by atoms with Gasteiger partial charge in [-0.15, -0.1) is 0 Å². The van der Waals surface area contributed by atoms with Crippen LogP contribution in [0.5, 0.6) is 5.88 Å². The minimum atomic E-state index is -3.90. The molecule has 6 heteroatoms. The number of nitrogens with two attached hydrogens (primary N) is 1. The van der Waals surface area contributed by atoms with Gasteiger partial charge in [0.25, 0.3) is 0 Å². The van der Waals surface area contributed by atoms with Crippen molar-refractivity contribution < 1.29 is 13.5 Å². The summed E-state index contributed by atoms with van der Waals surface area (Å²) in [5.41, 5.74) is 0.536. The fraction of sp³-hybridized carbons (Fsp3) is 0. The van der Waals surface area contributed by atoms with E-state index < -0.39 is 15.9 Å². The minimum Gasteiger partial charge on any atom is -0.494 e. The van der Waals surface area contributed by atoms with Gasteiger partial charge in [0.1, 0.15) is 0 Å². The molecule has 74 valence electrons. The summed E-state index contributed by atoms with van der Waals surface area (Å²) in [6.45, 7) is 0. The van der Waals surface area contributed by atoms with Crippen molar-refractivity contribution >= 4 is 20.9 Å². The van der Waals surface area contributed by atoms with Gasteiger partial charge in [0.2, 0.25) is 15.9 Å². The van der Waals surface area contributed by atoms with E-state index >= 15 is 0 Å². The number of aromatic nitrogens is 1. The summed E-state index contributed by atoms with van der Waals surface area (Å²) in [4.78, 5) is 2.27.